The fraction of sp³-hybridized carbons (Fsp3) is 0.500. The molecule has 1 fully saturated rings. The van der Waals surface area contributed by atoms with Gasteiger partial charge in [-0.2, -0.15) is 0 Å². The molecule has 92 valence electrons. The third kappa shape index (κ3) is 2.90. The van der Waals surface area contributed by atoms with Crippen LogP contribution in [0.1, 0.15) is 36.7 Å². The van der Waals surface area contributed by atoms with Gasteiger partial charge in [-0.25, -0.2) is 4.98 Å². The summed E-state index contributed by atoms with van der Waals surface area (Å²) in [5.74, 6) is 0.328. The predicted octanol–water partition coefficient (Wildman–Crippen LogP) is 3.31. The lowest BCUT2D eigenvalue weighted by molar-refractivity contribution is 0.0904. The largest absolute Gasteiger partial charge is 0.348 e. The summed E-state index contributed by atoms with van der Waals surface area (Å²) in [5, 5.41) is 3.52. The van der Waals surface area contributed by atoms with Crippen LogP contribution in [0.5, 0.6) is 0 Å². The second-order valence-electron chi connectivity index (χ2n) is 4.42. The van der Waals surface area contributed by atoms with Gasteiger partial charge in [-0.3, -0.25) is 4.79 Å². The SMILES string of the molecule is CC(NC(=O)c1nc(Cl)ccc1Cl)C1CCC1. The second kappa shape index (κ2) is 5.23. The molecule has 0 aromatic carbocycles. The molecule has 1 aromatic heterocycles. The Morgan fingerprint density at radius 3 is 2.76 bits per heavy atom. The lowest BCUT2D eigenvalue weighted by Crippen LogP contribution is -2.41. The van der Waals surface area contributed by atoms with Crippen molar-refractivity contribution in [3.63, 3.8) is 0 Å². The van der Waals surface area contributed by atoms with Crippen molar-refractivity contribution in [3.05, 3.63) is 28.0 Å². The first-order chi connectivity index (χ1) is 8.08. The zero-order chi connectivity index (χ0) is 12.4. The third-order valence-electron chi connectivity index (χ3n) is 3.24. The molecule has 0 radical (unpaired) electrons. The van der Waals surface area contributed by atoms with Gasteiger partial charge in [-0.15, -0.1) is 0 Å². The molecule has 1 aliphatic carbocycles. The number of nitrogens with one attached hydrogen (secondary N) is 1. The summed E-state index contributed by atoms with van der Waals surface area (Å²) in [5.41, 5.74) is 0.199. The number of halogens is 2. The van der Waals surface area contributed by atoms with Crippen LogP contribution in [0.15, 0.2) is 12.1 Å². The van der Waals surface area contributed by atoms with Gasteiger partial charge in [-0.05, 0) is 37.8 Å². The summed E-state index contributed by atoms with van der Waals surface area (Å²) >= 11 is 11.7. The summed E-state index contributed by atoms with van der Waals surface area (Å²) in [7, 11) is 0. The average Bonchev–Trinajstić information content (AvgIpc) is 2.18. The molecular formula is C12H14Cl2N2O. The van der Waals surface area contributed by atoms with Gasteiger partial charge in [-0.1, -0.05) is 29.6 Å². The van der Waals surface area contributed by atoms with Crippen molar-refractivity contribution in [2.24, 2.45) is 5.92 Å². The van der Waals surface area contributed by atoms with E-state index in [9.17, 15) is 4.79 Å². The maximum atomic E-state index is 12.0. The second-order valence-corrected chi connectivity index (χ2v) is 5.21. The Balaban J connectivity index is 2.05. The van der Waals surface area contributed by atoms with Gasteiger partial charge in [0.25, 0.3) is 5.91 Å². The van der Waals surface area contributed by atoms with Crippen LogP contribution in [0.4, 0.5) is 0 Å². The highest BCUT2D eigenvalue weighted by Gasteiger charge is 2.26. The van der Waals surface area contributed by atoms with Crippen molar-refractivity contribution in [2.45, 2.75) is 32.2 Å². The molecule has 0 spiro atoms. The zero-order valence-electron chi connectivity index (χ0n) is 9.54. The summed E-state index contributed by atoms with van der Waals surface area (Å²) in [6, 6.07) is 3.31. The van der Waals surface area contributed by atoms with Gasteiger partial charge in [0.15, 0.2) is 0 Å². The molecule has 3 nitrogen and oxygen atoms in total. The highest BCUT2D eigenvalue weighted by molar-refractivity contribution is 6.34. The van der Waals surface area contributed by atoms with Crippen LogP contribution in [0, 0.1) is 5.92 Å². The van der Waals surface area contributed by atoms with E-state index in [0.29, 0.717) is 10.9 Å². The van der Waals surface area contributed by atoms with Crippen molar-refractivity contribution in [1.82, 2.24) is 10.3 Å². The first-order valence-electron chi connectivity index (χ1n) is 5.71. The summed E-state index contributed by atoms with van der Waals surface area (Å²) in [4.78, 5) is 15.9. The number of amides is 1. The molecule has 1 unspecified atom stereocenters. The minimum Gasteiger partial charge on any atom is -0.348 e. The fourth-order valence-corrected chi connectivity index (χ4v) is 2.25. The Morgan fingerprint density at radius 2 is 2.18 bits per heavy atom. The molecule has 2 rings (SSSR count). The summed E-state index contributed by atoms with van der Waals surface area (Å²) in [6.07, 6.45) is 3.61. The normalized spacial score (nSPS) is 17.4. The number of pyridine rings is 1. The molecule has 1 saturated carbocycles. The number of nitrogens with zero attached hydrogens (tertiary/aromatic N) is 1. The van der Waals surface area contributed by atoms with E-state index in [0.717, 1.165) is 0 Å². The first-order valence-corrected chi connectivity index (χ1v) is 6.46. The summed E-state index contributed by atoms with van der Waals surface area (Å²) < 4.78 is 0. The van der Waals surface area contributed by atoms with E-state index in [1.54, 1.807) is 12.1 Å². The van der Waals surface area contributed by atoms with Crippen molar-refractivity contribution < 1.29 is 4.79 Å². The van der Waals surface area contributed by atoms with Gasteiger partial charge in [0.05, 0.1) is 5.02 Å². The Bertz CT molecular complexity index is 433. The topological polar surface area (TPSA) is 42.0 Å². The number of hydrogen-bond acceptors (Lipinski definition) is 2. The summed E-state index contributed by atoms with van der Waals surface area (Å²) in [6.45, 7) is 2.01. The van der Waals surface area contributed by atoms with E-state index in [-0.39, 0.29) is 22.8 Å². The van der Waals surface area contributed by atoms with Crippen LogP contribution in [-0.2, 0) is 0 Å². The van der Waals surface area contributed by atoms with E-state index >= 15 is 0 Å². The lowest BCUT2D eigenvalue weighted by atomic mass is 9.80. The zero-order valence-corrected chi connectivity index (χ0v) is 11.1. The highest BCUT2D eigenvalue weighted by Crippen LogP contribution is 2.29. The maximum absolute atomic E-state index is 12.0. The van der Waals surface area contributed by atoms with Crippen molar-refractivity contribution in [2.75, 3.05) is 0 Å². The Kier molecular flexibility index (Phi) is 3.89. The Labute approximate surface area is 111 Å². The number of carbonyl (C=O) groups excluding carboxylic acids is 1. The third-order valence-corrected chi connectivity index (χ3v) is 3.76. The van der Waals surface area contributed by atoms with Gasteiger partial charge in [0, 0.05) is 6.04 Å². The number of aromatic nitrogens is 1. The molecule has 1 aromatic rings. The minimum atomic E-state index is -0.253. The molecule has 17 heavy (non-hydrogen) atoms. The van der Waals surface area contributed by atoms with E-state index < -0.39 is 0 Å². The maximum Gasteiger partial charge on any atom is 0.271 e. The van der Waals surface area contributed by atoms with Gasteiger partial charge >= 0.3 is 0 Å². The number of rotatable bonds is 3. The first kappa shape index (κ1) is 12.7. The predicted molar refractivity (Wildman–Crippen MR) is 68.5 cm³/mol. The van der Waals surface area contributed by atoms with Gasteiger partial charge < -0.3 is 5.32 Å². The molecule has 5 heteroatoms. The van der Waals surface area contributed by atoms with Crippen LogP contribution in [0.25, 0.3) is 0 Å². The molecule has 1 amide bonds. The highest BCUT2D eigenvalue weighted by atomic mass is 35.5. The molecule has 1 heterocycles. The smallest absolute Gasteiger partial charge is 0.271 e. The standard InChI is InChI=1S/C12H14Cl2N2O/c1-7(8-3-2-4-8)15-12(17)11-9(13)5-6-10(14)16-11/h5-8H,2-4H2,1H3,(H,15,17). The molecule has 1 atom stereocenters. The van der Waals surface area contributed by atoms with Gasteiger partial charge in [0.2, 0.25) is 0 Å². The Hall–Kier alpha value is -0.800. The van der Waals surface area contributed by atoms with E-state index in [1.807, 2.05) is 6.92 Å². The average molecular weight is 273 g/mol. The molecule has 0 aliphatic heterocycles. The molecular weight excluding hydrogens is 259 g/mol. The fourth-order valence-electron chi connectivity index (χ4n) is 1.91. The van der Waals surface area contributed by atoms with Crippen molar-refractivity contribution >= 4 is 29.1 Å². The van der Waals surface area contributed by atoms with Crippen molar-refractivity contribution in [1.29, 1.82) is 0 Å². The minimum absolute atomic E-state index is 0.160. The quantitative estimate of drug-likeness (QED) is 0.858. The molecule has 0 bridgehead atoms. The Morgan fingerprint density at radius 1 is 1.47 bits per heavy atom. The van der Waals surface area contributed by atoms with E-state index in [4.69, 9.17) is 23.2 Å². The van der Waals surface area contributed by atoms with Crippen LogP contribution in [-0.4, -0.2) is 16.9 Å². The van der Waals surface area contributed by atoms with Crippen LogP contribution in [0.2, 0.25) is 10.2 Å². The lowest BCUT2D eigenvalue weighted by Gasteiger charge is -2.31. The number of carbonyl (C=O) groups is 1. The molecule has 1 N–H and O–H groups in total. The van der Waals surface area contributed by atoms with E-state index in [2.05, 4.69) is 10.3 Å². The van der Waals surface area contributed by atoms with Crippen LogP contribution >= 0.6 is 23.2 Å². The van der Waals surface area contributed by atoms with Crippen LogP contribution in [0.3, 0.4) is 0 Å². The van der Waals surface area contributed by atoms with Crippen LogP contribution < -0.4 is 5.32 Å². The molecule has 0 saturated heterocycles. The van der Waals surface area contributed by atoms with Gasteiger partial charge in [0.1, 0.15) is 10.8 Å². The van der Waals surface area contributed by atoms with Crippen molar-refractivity contribution in [3.8, 4) is 0 Å². The monoisotopic (exact) mass is 272 g/mol. The number of hydrogen-bond donors (Lipinski definition) is 1. The van der Waals surface area contributed by atoms with E-state index in [1.165, 1.54) is 19.3 Å². The molecule has 1 aliphatic rings.